The van der Waals surface area contributed by atoms with E-state index < -0.39 is 52.4 Å². The minimum absolute atomic E-state index is 0.0130. The van der Waals surface area contributed by atoms with Crippen LogP contribution in [0.15, 0.2) is 48.5 Å². The fourth-order valence-electron chi connectivity index (χ4n) is 3.55. The number of benzene rings is 3. The second-order valence-corrected chi connectivity index (χ2v) is 7.85. The Bertz CT molecular complexity index is 1140. The molecule has 35 heavy (non-hydrogen) atoms. The van der Waals surface area contributed by atoms with Crippen molar-refractivity contribution in [1.82, 2.24) is 0 Å². The maximum Gasteiger partial charge on any atom is 0.432 e. The van der Waals surface area contributed by atoms with E-state index in [9.17, 15) is 39.5 Å². The van der Waals surface area contributed by atoms with E-state index in [0.717, 1.165) is 49.2 Å². The molecule has 0 aliphatic carbocycles. The van der Waals surface area contributed by atoms with E-state index in [2.05, 4.69) is 4.74 Å². The van der Waals surface area contributed by atoms with Gasteiger partial charge in [0.05, 0.1) is 0 Å². The molecule has 188 valence electrons. The predicted octanol–water partition coefficient (Wildman–Crippen LogP) is 8.79. The normalized spacial score (nSPS) is 12.2. The van der Waals surface area contributed by atoms with Crippen molar-refractivity contribution < 1.29 is 44.3 Å². The van der Waals surface area contributed by atoms with Crippen molar-refractivity contribution in [2.75, 3.05) is 0 Å². The number of ether oxygens (including phenoxy) is 1. The highest BCUT2D eigenvalue weighted by Gasteiger charge is 2.41. The van der Waals surface area contributed by atoms with E-state index in [0.29, 0.717) is 25.0 Å². The molecular weight excluding hydrogens is 487 g/mol. The van der Waals surface area contributed by atoms with E-state index >= 15 is 0 Å². The maximum absolute atomic E-state index is 14.6. The smallest absolute Gasteiger partial charge is 0.429 e. The first-order valence-corrected chi connectivity index (χ1v) is 10.6. The molecule has 0 saturated carbocycles. The van der Waals surface area contributed by atoms with Gasteiger partial charge in [0.2, 0.25) is 0 Å². The number of alkyl halides is 5. The minimum Gasteiger partial charge on any atom is -0.429 e. The van der Waals surface area contributed by atoms with Crippen LogP contribution >= 0.6 is 0 Å². The average Bonchev–Trinajstić information content (AvgIpc) is 2.72. The Morgan fingerprint density at radius 1 is 0.657 bits per heavy atom. The van der Waals surface area contributed by atoms with Gasteiger partial charge in [0.1, 0.15) is 40.1 Å². The van der Waals surface area contributed by atoms with Gasteiger partial charge in [-0.2, -0.15) is 22.0 Å². The fraction of sp³-hybridized carbons (Fsp3) is 0.280. The molecule has 0 saturated heterocycles. The predicted molar refractivity (Wildman–Crippen MR) is 111 cm³/mol. The summed E-state index contributed by atoms with van der Waals surface area (Å²) in [6.45, 7) is 1.94. The van der Waals surface area contributed by atoms with Gasteiger partial charge in [-0.25, -0.2) is 17.6 Å². The van der Waals surface area contributed by atoms with Crippen molar-refractivity contribution in [3.63, 3.8) is 0 Å². The summed E-state index contributed by atoms with van der Waals surface area (Å²) in [4.78, 5) is 0. The zero-order chi connectivity index (χ0) is 26.0. The number of halogens is 9. The lowest BCUT2D eigenvalue weighted by molar-refractivity contribution is -0.189. The lowest BCUT2D eigenvalue weighted by Gasteiger charge is -2.20. The molecule has 0 N–H and O–H groups in total. The van der Waals surface area contributed by atoms with E-state index in [4.69, 9.17) is 0 Å². The van der Waals surface area contributed by atoms with Crippen LogP contribution in [0.2, 0.25) is 0 Å². The van der Waals surface area contributed by atoms with Crippen molar-refractivity contribution in [2.45, 2.75) is 44.9 Å². The van der Waals surface area contributed by atoms with Crippen molar-refractivity contribution in [3.05, 3.63) is 88.5 Å². The number of hydrogen-bond acceptors (Lipinski definition) is 1. The first kappa shape index (κ1) is 26.4. The summed E-state index contributed by atoms with van der Waals surface area (Å²) in [5, 5.41) is 0. The van der Waals surface area contributed by atoms with Crippen LogP contribution in [0.5, 0.6) is 5.75 Å². The highest BCUT2D eigenvalue weighted by Crippen LogP contribution is 2.38. The summed E-state index contributed by atoms with van der Waals surface area (Å²) in [7, 11) is 0. The van der Waals surface area contributed by atoms with Gasteiger partial charge in [-0.05, 0) is 65.9 Å². The van der Waals surface area contributed by atoms with Crippen LogP contribution in [0.25, 0.3) is 11.1 Å². The first-order chi connectivity index (χ1) is 16.3. The molecule has 1 nitrogen and oxygen atoms in total. The fourth-order valence-corrected chi connectivity index (χ4v) is 3.55. The van der Waals surface area contributed by atoms with Crippen molar-refractivity contribution in [2.24, 2.45) is 0 Å². The zero-order valence-electron chi connectivity index (χ0n) is 18.3. The Morgan fingerprint density at radius 3 is 1.66 bits per heavy atom. The highest BCUT2D eigenvalue weighted by molar-refractivity contribution is 5.65. The minimum atomic E-state index is -5.24. The van der Waals surface area contributed by atoms with Crippen molar-refractivity contribution >= 4 is 0 Å². The molecule has 0 heterocycles. The van der Waals surface area contributed by atoms with Gasteiger partial charge >= 0.3 is 12.3 Å². The number of unbranched alkanes of at least 4 members (excludes halogenated alkanes) is 2. The largest absolute Gasteiger partial charge is 0.432 e. The molecule has 0 bridgehead atoms. The molecule has 10 heteroatoms. The molecule has 0 spiro atoms. The van der Waals surface area contributed by atoms with Gasteiger partial charge in [0.15, 0.2) is 0 Å². The Kier molecular flexibility index (Phi) is 7.71. The van der Waals surface area contributed by atoms with E-state index in [1.54, 1.807) is 0 Å². The second kappa shape index (κ2) is 10.2. The van der Waals surface area contributed by atoms with Crippen LogP contribution in [-0.4, -0.2) is 0 Å². The van der Waals surface area contributed by atoms with E-state index in [1.807, 2.05) is 6.92 Å². The summed E-state index contributed by atoms with van der Waals surface area (Å²) < 4.78 is 128. The molecule has 0 aromatic heterocycles. The van der Waals surface area contributed by atoms with E-state index in [1.165, 1.54) is 0 Å². The molecule has 0 aliphatic heterocycles. The lowest BCUT2D eigenvalue weighted by atomic mass is 10.0. The zero-order valence-corrected chi connectivity index (χ0v) is 18.3. The third kappa shape index (κ3) is 6.10. The Balaban J connectivity index is 1.82. The van der Waals surface area contributed by atoms with Gasteiger partial charge in [-0.15, -0.1) is 0 Å². The van der Waals surface area contributed by atoms with Crippen LogP contribution in [0.4, 0.5) is 39.5 Å². The molecule has 3 aromatic rings. The Labute approximate surface area is 195 Å². The van der Waals surface area contributed by atoms with Crippen LogP contribution in [0.3, 0.4) is 0 Å². The molecule has 0 fully saturated rings. The average molecular weight is 506 g/mol. The SMILES string of the molecule is CCCCCc1cc(F)c(C(F)(F)Oc2ccc(-c3cc(F)c(C(F)(F)F)c(F)c3)cc2)c(F)c1. The lowest BCUT2D eigenvalue weighted by Crippen LogP contribution is -2.25. The molecule has 0 atom stereocenters. The molecule has 3 rings (SSSR count). The molecule has 0 aliphatic rings. The Hall–Kier alpha value is -3.17. The second-order valence-electron chi connectivity index (χ2n) is 7.85. The number of hydrogen-bond donors (Lipinski definition) is 0. The molecule has 3 aromatic carbocycles. The standard InChI is InChI=1S/C25H19F9O/c1-2-3-4-5-14-10-18(26)23(19(27)11-14)25(33,34)35-17-8-6-15(7-9-17)16-12-20(28)22(21(29)13-16)24(30,31)32/h6-13H,2-5H2,1H3. The summed E-state index contributed by atoms with van der Waals surface area (Å²) in [6.07, 6.45) is -7.00. The monoisotopic (exact) mass is 506 g/mol. The number of rotatable bonds is 8. The third-order valence-corrected chi connectivity index (χ3v) is 5.22. The highest BCUT2D eigenvalue weighted by atomic mass is 19.4. The quantitative estimate of drug-likeness (QED) is 0.219. The maximum atomic E-state index is 14.6. The van der Waals surface area contributed by atoms with Gasteiger partial charge < -0.3 is 4.74 Å². The molecule has 0 unspecified atom stereocenters. The van der Waals surface area contributed by atoms with Gasteiger partial charge in [-0.3, -0.25) is 0 Å². The van der Waals surface area contributed by atoms with Crippen LogP contribution < -0.4 is 4.74 Å². The van der Waals surface area contributed by atoms with Gasteiger partial charge in [0, 0.05) is 0 Å². The van der Waals surface area contributed by atoms with E-state index in [-0.39, 0.29) is 16.7 Å². The van der Waals surface area contributed by atoms with Gasteiger partial charge in [-0.1, -0.05) is 31.9 Å². The van der Waals surface area contributed by atoms with Crippen LogP contribution in [0.1, 0.15) is 42.9 Å². The van der Waals surface area contributed by atoms with Gasteiger partial charge in [0.25, 0.3) is 0 Å². The number of aryl methyl sites for hydroxylation is 1. The molecule has 0 amide bonds. The van der Waals surface area contributed by atoms with Crippen molar-refractivity contribution in [3.8, 4) is 16.9 Å². The van der Waals surface area contributed by atoms with Crippen LogP contribution in [-0.2, 0) is 18.7 Å². The third-order valence-electron chi connectivity index (χ3n) is 5.22. The topological polar surface area (TPSA) is 9.23 Å². The summed E-state index contributed by atoms with van der Waals surface area (Å²) in [5.74, 6) is -7.19. The first-order valence-electron chi connectivity index (χ1n) is 10.6. The summed E-state index contributed by atoms with van der Waals surface area (Å²) >= 11 is 0. The summed E-state index contributed by atoms with van der Waals surface area (Å²) in [5.41, 5.74) is -3.70. The van der Waals surface area contributed by atoms with Crippen LogP contribution in [0, 0.1) is 23.3 Å². The summed E-state index contributed by atoms with van der Waals surface area (Å²) in [6, 6.07) is 6.49. The molecular formula is C25H19F9O. The molecule has 0 radical (unpaired) electrons. The van der Waals surface area contributed by atoms with Crippen molar-refractivity contribution in [1.29, 1.82) is 0 Å². The Morgan fingerprint density at radius 2 is 1.17 bits per heavy atom.